The number of rotatable bonds is 2. The Kier molecular flexibility index (Phi) is 3.36. The van der Waals surface area contributed by atoms with E-state index in [1.807, 2.05) is 19.1 Å². The van der Waals surface area contributed by atoms with Crippen LogP contribution in [0.4, 0.5) is 4.39 Å². The summed E-state index contributed by atoms with van der Waals surface area (Å²) in [6, 6.07) is 8.50. The van der Waals surface area contributed by atoms with E-state index >= 15 is 0 Å². The Morgan fingerprint density at radius 1 is 1.20 bits per heavy atom. The van der Waals surface area contributed by atoms with Crippen LogP contribution in [0.3, 0.4) is 0 Å². The van der Waals surface area contributed by atoms with E-state index in [1.54, 1.807) is 16.7 Å². The van der Waals surface area contributed by atoms with Gasteiger partial charge in [0.25, 0.3) is 0 Å². The zero-order valence-electron chi connectivity index (χ0n) is 10.6. The van der Waals surface area contributed by atoms with E-state index in [0.717, 1.165) is 5.69 Å². The maximum Gasteiger partial charge on any atom is 0.165 e. The van der Waals surface area contributed by atoms with Crippen LogP contribution in [0.15, 0.2) is 30.3 Å². The summed E-state index contributed by atoms with van der Waals surface area (Å²) in [4.78, 5) is 8.80. The summed E-state index contributed by atoms with van der Waals surface area (Å²) in [7, 11) is 0. The van der Waals surface area contributed by atoms with Crippen molar-refractivity contribution < 1.29 is 4.39 Å². The molecule has 0 radical (unpaired) electrons. The van der Waals surface area contributed by atoms with Gasteiger partial charge in [-0.1, -0.05) is 17.7 Å². The van der Waals surface area contributed by atoms with Crippen molar-refractivity contribution >= 4 is 34.4 Å². The Morgan fingerprint density at radius 3 is 2.75 bits per heavy atom. The molecule has 0 saturated heterocycles. The summed E-state index contributed by atoms with van der Waals surface area (Å²) >= 11 is 11.8. The Balaban J connectivity index is 2.39. The molecule has 102 valence electrons. The van der Waals surface area contributed by atoms with E-state index in [9.17, 15) is 4.39 Å². The largest absolute Gasteiger partial charge is 0.277 e. The number of aryl methyl sites for hydroxylation is 1. The summed E-state index contributed by atoms with van der Waals surface area (Å²) in [5, 5.41) is 0.0533. The number of nitrogens with zero attached hydrogens (tertiary/aromatic N) is 3. The third kappa shape index (κ3) is 2.05. The fraction of sp³-hybridized carbons (Fsp3) is 0.143. The molecule has 0 bridgehead atoms. The smallest absolute Gasteiger partial charge is 0.165 e. The highest BCUT2D eigenvalue weighted by Gasteiger charge is 2.17. The minimum atomic E-state index is -0.511. The molecule has 0 spiro atoms. The number of hydrogen-bond acceptors (Lipinski definition) is 2. The minimum Gasteiger partial charge on any atom is -0.277 e. The van der Waals surface area contributed by atoms with E-state index in [4.69, 9.17) is 23.2 Å². The molecule has 0 aliphatic carbocycles. The van der Waals surface area contributed by atoms with Crippen LogP contribution in [-0.4, -0.2) is 14.5 Å². The van der Waals surface area contributed by atoms with Gasteiger partial charge in [0.15, 0.2) is 11.5 Å². The molecule has 0 saturated carbocycles. The number of imidazole rings is 1. The van der Waals surface area contributed by atoms with Crippen molar-refractivity contribution in [3.63, 3.8) is 0 Å². The molecule has 0 atom stereocenters. The van der Waals surface area contributed by atoms with Crippen LogP contribution in [0.25, 0.3) is 16.9 Å². The minimum absolute atomic E-state index is 0.0533. The number of halogens is 3. The fourth-order valence-corrected chi connectivity index (χ4v) is 2.46. The van der Waals surface area contributed by atoms with Gasteiger partial charge in [-0.15, -0.1) is 11.6 Å². The molecule has 3 aromatic rings. The second-order valence-corrected chi connectivity index (χ2v) is 5.04. The summed E-state index contributed by atoms with van der Waals surface area (Å²) in [6.07, 6.45) is 0. The molecule has 20 heavy (non-hydrogen) atoms. The highest BCUT2D eigenvalue weighted by Crippen LogP contribution is 2.26. The molecule has 3 rings (SSSR count). The van der Waals surface area contributed by atoms with Crippen LogP contribution < -0.4 is 0 Å². The highest BCUT2D eigenvalue weighted by atomic mass is 35.5. The van der Waals surface area contributed by atoms with Crippen molar-refractivity contribution in [2.45, 2.75) is 12.8 Å². The molecule has 0 N–H and O–H groups in total. The van der Waals surface area contributed by atoms with Gasteiger partial charge in [0.2, 0.25) is 0 Å². The predicted octanol–water partition coefficient (Wildman–Crippen LogP) is 4.26. The van der Waals surface area contributed by atoms with Crippen molar-refractivity contribution in [1.29, 1.82) is 0 Å². The van der Waals surface area contributed by atoms with E-state index < -0.39 is 5.82 Å². The van der Waals surface area contributed by atoms with Gasteiger partial charge in [0.1, 0.15) is 11.3 Å². The molecule has 2 aromatic heterocycles. The van der Waals surface area contributed by atoms with Gasteiger partial charge in [-0.05, 0) is 31.2 Å². The normalized spacial score (nSPS) is 11.2. The fourth-order valence-electron chi connectivity index (χ4n) is 2.11. The molecule has 0 unspecified atom stereocenters. The van der Waals surface area contributed by atoms with Gasteiger partial charge in [0.05, 0.1) is 16.6 Å². The maximum atomic E-state index is 14.3. The van der Waals surface area contributed by atoms with Crippen LogP contribution in [0, 0.1) is 12.7 Å². The summed E-state index contributed by atoms with van der Waals surface area (Å²) in [5.74, 6) is 0.172. The maximum absolute atomic E-state index is 14.3. The molecular weight excluding hydrogens is 300 g/mol. The molecule has 0 amide bonds. The molecule has 2 heterocycles. The Labute approximate surface area is 125 Å². The third-order valence-electron chi connectivity index (χ3n) is 3.00. The third-order valence-corrected chi connectivity index (χ3v) is 3.54. The summed E-state index contributed by atoms with van der Waals surface area (Å²) < 4.78 is 15.9. The second kappa shape index (κ2) is 5.04. The summed E-state index contributed by atoms with van der Waals surface area (Å²) in [5.41, 5.74) is 2.36. The Morgan fingerprint density at radius 2 is 2.00 bits per heavy atom. The molecule has 1 aromatic carbocycles. The monoisotopic (exact) mass is 309 g/mol. The van der Waals surface area contributed by atoms with E-state index in [0.29, 0.717) is 22.7 Å². The second-order valence-electron chi connectivity index (χ2n) is 4.37. The van der Waals surface area contributed by atoms with Crippen molar-refractivity contribution in [1.82, 2.24) is 14.5 Å². The molecule has 6 heteroatoms. The lowest BCUT2D eigenvalue weighted by Gasteiger charge is -2.09. The molecular formula is C14H10Cl2FN3. The topological polar surface area (TPSA) is 30.7 Å². The predicted molar refractivity (Wildman–Crippen MR) is 78.1 cm³/mol. The van der Waals surface area contributed by atoms with Crippen LogP contribution in [-0.2, 0) is 5.88 Å². The van der Waals surface area contributed by atoms with Gasteiger partial charge in [0, 0.05) is 5.69 Å². The number of benzene rings is 1. The number of fused-ring (bicyclic) bond motifs is 1. The first-order valence-electron chi connectivity index (χ1n) is 5.97. The number of aromatic nitrogens is 3. The average molecular weight is 310 g/mol. The van der Waals surface area contributed by atoms with Gasteiger partial charge in [-0.2, -0.15) is 0 Å². The van der Waals surface area contributed by atoms with Crippen LogP contribution in [0.1, 0.15) is 11.5 Å². The van der Waals surface area contributed by atoms with Gasteiger partial charge in [-0.3, -0.25) is 4.57 Å². The van der Waals surface area contributed by atoms with Crippen molar-refractivity contribution in [3.8, 4) is 5.69 Å². The van der Waals surface area contributed by atoms with Gasteiger partial charge < -0.3 is 0 Å². The van der Waals surface area contributed by atoms with Crippen LogP contribution in [0.5, 0.6) is 0 Å². The van der Waals surface area contributed by atoms with E-state index in [2.05, 4.69) is 9.97 Å². The molecule has 0 aliphatic heterocycles. The Bertz CT molecular complexity index is 798. The first kappa shape index (κ1) is 13.3. The van der Waals surface area contributed by atoms with Crippen molar-refractivity contribution in [2.75, 3.05) is 0 Å². The van der Waals surface area contributed by atoms with Crippen LogP contribution >= 0.6 is 23.2 Å². The first-order chi connectivity index (χ1) is 9.61. The zero-order chi connectivity index (χ0) is 14.3. The van der Waals surface area contributed by atoms with Crippen molar-refractivity contribution in [3.05, 3.63) is 52.7 Å². The molecule has 3 nitrogen and oxygen atoms in total. The molecule has 0 aliphatic rings. The lowest BCUT2D eigenvalue weighted by Crippen LogP contribution is -2.03. The number of pyridine rings is 1. The van der Waals surface area contributed by atoms with Gasteiger partial charge >= 0.3 is 0 Å². The standard InChI is InChI=1S/C14H10Cl2FN3/c1-8-5-6-10-14(18-8)20(12(7-15)19-10)11-4-2-3-9(16)13(11)17/h2-6H,7H2,1H3. The first-order valence-corrected chi connectivity index (χ1v) is 6.88. The van der Waals surface area contributed by atoms with Crippen molar-refractivity contribution in [2.24, 2.45) is 0 Å². The molecule has 0 fully saturated rings. The lowest BCUT2D eigenvalue weighted by atomic mass is 10.3. The van der Waals surface area contributed by atoms with Crippen LogP contribution in [0.2, 0.25) is 5.02 Å². The number of hydrogen-bond donors (Lipinski definition) is 0. The Hall–Kier alpha value is -1.65. The van der Waals surface area contributed by atoms with Gasteiger partial charge in [-0.25, -0.2) is 14.4 Å². The lowest BCUT2D eigenvalue weighted by molar-refractivity contribution is 0.618. The average Bonchev–Trinajstić information content (AvgIpc) is 2.79. The zero-order valence-corrected chi connectivity index (χ0v) is 12.1. The number of alkyl halides is 1. The van der Waals surface area contributed by atoms with E-state index in [1.165, 1.54) is 6.07 Å². The van der Waals surface area contributed by atoms with E-state index in [-0.39, 0.29) is 10.9 Å². The summed E-state index contributed by atoms with van der Waals surface area (Å²) in [6.45, 7) is 1.87. The quantitative estimate of drug-likeness (QED) is 0.662. The highest BCUT2D eigenvalue weighted by molar-refractivity contribution is 6.30. The SMILES string of the molecule is Cc1ccc2nc(CCl)n(-c3cccc(Cl)c3F)c2n1.